The van der Waals surface area contributed by atoms with Gasteiger partial charge in [0.15, 0.2) is 5.76 Å². The highest BCUT2D eigenvalue weighted by Crippen LogP contribution is 2.36. The maximum atomic E-state index is 13.2. The molecular formula is C29H26FNO5. The number of rotatable bonds is 8. The normalized spacial score (nSPS) is 17.4. The topological polar surface area (TPSA) is 80.9 Å². The molecule has 2 atom stereocenters. The lowest BCUT2D eigenvalue weighted by molar-refractivity contribution is -0.150. The predicted octanol–water partition coefficient (Wildman–Crippen LogP) is 5.31. The Labute approximate surface area is 208 Å². The molecule has 184 valence electrons. The molecule has 1 aliphatic heterocycles. The molecule has 1 amide bonds. The van der Waals surface area contributed by atoms with Crippen molar-refractivity contribution in [3.63, 3.8) is 0 Å². The van der Waals surface area contributed by atoms with E-state index in [2.05, 4.69) is 5.32 Å². The minimum Gasteiger partial charge on any atom is -0.464 e. The van der Waals surface area contributed by atoms with Gasteiger partial charge < -0.3 is 24.3 Å². The first-order valence-corrected chi connectivity index (χ1v) is 11.8. The molecule has 3 aromatic carbocycles. The summed E-state index contributed by atoms with van der Waals surface area (Å²) in [7, 11) is 0. The number of hydrogen-bond donors (Lipinski definition) is 2. The monoisotopic (exact) mass is 487 g/mol. The minimum absolute atomic E-state index is 0.0194. The zero-order valence-electron chi connectivity index (χ0n) is 19.5. The van der Waals surface area contributed by atoms with Crippen LogP contribution in [0, 0.1) is 5.82 Å². The van der Waals surface area contributed by atoms with Crippen LogP contribution in [-0.2, 0) is 34.0 Å². The Hall–Kier alpha value is -3.94. The van der Waals surface area contributed by atoms with Crippen molar-refractivity contribution in [2.75, 3.05) is 0 Å². The minimum atomic E-state index is -0.655. The van der Waals surface area contributed by atoms with E-state index in [-0.39, 0.29) is 36.6 Å². The van der Waals surface area contributed by atoms with Crippen molar-refractivity contribution in [2.45, 2.75) is 38.4 Å². The van der Waals surface area contributed by atoms with Gasteiger partial charge in [0, 0.05) is 29.8 Å². The molecule has 0 fully saturated rings. The smallest absolute Gasteiger partial charge is 0.286 e. The number of halogens is 1. The number of amides is 1. The van der Waals surface area contributed by atoms with E-state index in [1.54, 1.807) is 24.5 Å². The fourth-order valence-electron chi connectivity index (χ4n) is 4.22. The Balaban J connectivity index is 1.34. The van der Waals surface area contributed by atoms with Crippen LogP contribution in [0.3, 0.4) is 0 Å². The van der Waals surface area contributed by atoms with Gasteiger partial charge in [-0.25, -0.2) is 4.39 Å². The molecule has 0 saturated heterocycles. The summed E-state index contributed by atoms with van der Waals surface area (Å²) >= 11 is 0. The summed E-state index contributed by atoms with van der Waals surface area (Å²) in [5.41, 5.74) is 4.26. The van der Waals surface area contributed by atoms with E-state index in [1.807, 2.05) is 48.5 Å². The van der Waals surface area contributed by atoms with Gasteiger partial charge in [-0.05, 0) is 41.0 Å². The van der Waals surface area contributed by atoms with Crippen molar-refractivity contribution in [2.24, 2.45) is 0 Å². The van der Waals surface area contributed by atoms with Crippen molar-refractivity contribution in [3.05, 3.63) is 119 Å². The van der Waals surface area contributed by atoms with Crippen molar-refractivity contribution >= 4 is 16.9 Å². The van der Waals surface area contributed by atoms with Crippen molar-refractivity contribution in [1.29, 1.82) is 0 Å². The summed E-state index contributed by atoms with van der Waals surface area (Å²) in [4.78, 5) is 13.0. The molecule has 0 radical (unpaired) electrons. The first kappa shape index (κ1) is 23.8. The second-order valence-electron chi connectivity index (χ2n) is 8.70. The van der Waals surface area contributed by atoms with Gasteiger partial charge in [-0.2, -0.15) is 0 Å². The summed E-state index contributed by atoms with van der Waals surface area (Å²) in [5.74, 6) is -0.697. The summed E-state index contributed by atoms with van der Waals surface area (Å²) in [6.45, 7) is 0.510. The molecule has 4 aromatic rings. The lowest BCUT2D eigenvalue weighted by Gasteiger charge is -2.29. The summed E-state index contributed by atoms with van der Waals surface area (Å²) in [6, 6.07) is 21.2. The van der Waals surface area contributed by atoms with E-state index >= 15 is 0 Å². The van der Waals surface area contributed by atoms with Gasteiger partial charge in [0.25, 0.3) is 5.91 Å². The highest BCUT2D eigenvalue weighted by molar-refractivity contribution is 5.92. The Morgan fingerprint density at radius 3 is 2.50 bits per heavy atom. The molecule has 0 bridgehead atoms. The summed E-state index contributed by atoms with van der Waals surface area (Å²) in [6.07, 6.45) is 3.37. The van der Waals surface area contributed by atoms with Crippen molar-refractivity contribution in [1.82, 2.24) is 5.32 Å². The Morgan fingerprint density at radius 1 is 1.00 bits per heavy atom. The zero-order chi connectivity index (χ0) is 24.9. The van der Waals surface area contributed by atoms with Gasteiger partial charge >= 0.3 is 0 Å². The fraction of sp³-hybridized carbons (Fsp3) is 0.207. The Morgan fingerprint density at radius 2 is 1.72 bits per heavy atom. The van der Waals surface area contributed by atoms with Crippen LogP contribution in [0.5, 0.6) is 0 Å². The van der Waals surface area contributed by atoms with Crippen LogP contribution in [-0.4, -0.2) is 17.3 Å². The van der Waals surface area contributed by atoms with Crippen LogP contribution in [0.25, 0.3) is 11.0 Å². The molecule has 0 unspecified atom stereocenters. The average molecular weight is 488 g/mol. The Bertz CT molecular complexity index is 1360. The van der Waals surface area contributed by atoms with Crippen LogP contribution < -0.4 is 5.32 Å². The number of nitrogens with one attached hydrogen (secondary N) is 1. The number of aliphatic hydroxyl groups excluding tert-OH is 1. The first-order valence-electron chi connectivity index (χ1n) is 11.8. The van der Waals surface area contributed by atoms with Gasteiger partial charge in [-0.15, -0.1) is 0 Å². The number of fused-ring (bicyclic) bond motifs is 1. The molecule has 1 aliphatic rings. The molecule has 0 aliphatic carbocycles. The third-order valence-corrected chi connectivity index (χ3v) is 6.20. The number of allylic oxidation sites excluding steroid dienone is 1. The standard InChI is InChI=1S/C29H26FNO5/c30-23-11-9-19(10-12-23)15-31-29(33)27-13-22(25-18-34-26-4-2-1-3-24(25)26)14-28(36-27)35-17-21-7-5-20(16-32)6-8-21/h1-13,18,22,28,32H,14-17H2,(H,31,33)/t22-,28+/m0/s1. The number of carbonyl (C=O) groups excluding carboxylic acids is 1. The summed E-state index contributed by atoms with van der Waals surface area (Å²) in [5, 5.41) is 13.1. The van der Waals surface area contributed by atoms with Gasteiger partial charge in [-0.1, -0.05) is 54.6 Å². The largest absolute Gasteiger partial charge is 0.464 e. The van der Waals surface area contributed by atoms with E-state index in [0.29, 0.717) is 13.0 Å². The quantitative estimate of drug-likeness (QED) is 0.352. The van der Waals surface area contributed by atoms with Crippen LogP contribution in [0.15, 0.2) is 95.3 Å². The van der Waals surface area contributed by atoms with Crippen LogP contribution in [0.2, 0.25) is 0 Å². The highest BCUT2D eigenvalue weighted by Gasteiger charge is 2.30. The maximum Gasteiger partial charge on any atom is 0.286 e. The second-order valence-corrected chi connectivity index (χ2v) is 8.70. The highest BCUT2D eigenvalue weighted by atomic mass is 19.1. The van der Waals surface area contributed by atoms with E-state index in [0.717, 1.165) is 33.2 Å². The lowest BCUT2D eigenvalue weighted by atomic mass is 9.92. The third-order valence-electron chi connectivity index (χ3n) is 6.20. The predicted molar refractivity (Wildman–Crippen MR) is 132 cm³/mol. The maximum absolute atomic E-state index is 13.2. The van der Waals surface area contributed by atoms with Gasteiger partial charge in [0.1, 0.15) is 11.4 Å². The zero-order valence-corrected chi connectivity index (χ0v) is 19.5. The lowest BCUT2D eigenvalue weighted by Crippen LogP contribution is -2.32. The first-order chi connectivity index (χ1) is 17.6. The van der Waals surface area contributed by atoms with E-state index < -0.39 is 6.29 Å². The fourth-order valence-corrected chi connectivity index (χ4v) is 4.22. The molecule has 0 spiro atoms. The number of ether oxygens (including phenoxy) is 2. The summed E-state index contributed by atoms with van der Waals surface area (Å²) < 4.78 is 30.9. The second kappa shape index (κ2) is 10.8. The number of furan rings is 1. The van der Waals surface area contributed by atoms with Gasteiger partial charge in [0.05, 0.1) is 19.5 Å². The van der Waals surface area contributed by atoms with Crippen LogP contribution in [0.4, 0.5) is 4.39 Å². The van der Waals surface area contributed by atoms with Gasteiger partial charge in [-0.3, -0.25) is 4.79 Å². The SMILES string of the molecule is O=C(NCc1ccc(F)cc1)C1=C[C@H](c2coc3ccccc23)C[C@H](OCc2ccc(CO)cc2)O1. The van der Waals surface area contributed by atoms with Crippen molar-refractivity contribution in [3.8, 4) is 0 Å². The van der Waals surface area contributed by atoms with E-state index in [4.69, 9.17) is 13.9 Å². The van der Waals surface area contributed by atoms with E-state index in [9.17, 15) is 14.3 Å². The molecule has 2 N–H and O–H groups in total. The molecule has 1 aromatic heterocycles. The number of aliphatic hydroxyl groups is 1. The molecular weight excluding hydrogens is 461 g/mol. The molecule has 6 nitrogen and oxygen atoms in total. The third kappa shape index (κ3) is 5.48. The number of carbonyl (C=O) groups is 1. The average Bonchev–Trinajstić information content (AvgIpc) is 3.36. The Kier molecular flexibility index (Phi) is 7.11. The molecule has 2 heterocycles. The van der Waals surface area contributed by atoms with Crippen LogP contribution in [0.1, 0.15) is 34.6 Å². The van der Waals surface area contributed by atoms with Crippen LogP contribution >= 0.6 is 0 Å². The van der Waals surface area contributed by atoms with Crippen molar-refractivity contribution < 1.29 is 28.2 Å². The molecule has 7 heteroatoms. The van der Waals surface area contributed by atoms with Gasteiger partial charge in [0.2, 0.25) is 6.29 Å². The molecule has 0 saturated carbocycles. The van der Waals surface area contributed by atoms with E-state index in [1.165, 1.54) is 12.1 Å². The number of benzene rings is 3. The number of hydrogen-bond acceptors (Lipinski definition) is 5. The molecule has 5 rings (SSSR count). The number of para-hydroxylation sites is 1. The molecule has 36 heavy (non-hydrogen) atoms.